The lowest BCUT2D eigenvalue weighted by Crippen LogP contribution is -2.53. The van der Waals surface area contributed by atoms with Crippen LogP contribution in [0.4, 0.5) is 10.2 Å². The number of nitrogens with one attached hydrogen (secondary N) is 1. The first kappa shape index (κ1) is 24.0. The number of ether oxygens (including phenoxy) is 1. The third-order valence-electron chi connectivity index (χ3n) is 6.87. The number of hydrogen-bond acceptors (Lipinski definition) is 6. The maximum atomic E-state index is 13.6. The summed E-state index contributed by atoms with van der Waals surface area (Å²) < 4.78 is 47.3. The Kier molecular flexibility index (Phi) is 7.93. The standard InChI is InChI=1S/C24H33FN4O3S/c1-2-33(30,31)28-23-12-14-29(24-7-4-13-26-27-24)16-20(23)17-32-22-10-8-18(9-11-22)19-5-3-6-21(25)15-19/h3-7,13,15,18,20,22-23,28H,2,8-12,14,16-17H2,1H3/t18?,20-,22?,23-/m0/s1. The van der Waals surface area contributed by atoms with E-state index in [1.807, 2.05) is 18.2 Å². The molecule has 180 valence electrons. The van der Waals surface area contributed by atoms with Gasteiger partial charge in [-0.15, -0.1) is 5.10 Å². The maximum Gasteiger partial charge on any atom is 0.211 e. The van der Waals surface area contributed by atoms with E-state index < -0.39 is 10.0 Å². The predicted octanol–water partition coefficient (Wildman–Crippen LogP) is 3.49. The summed E-state index contributed by atoms with van der Waals surface area (Å²) in [5.41, 5.74) is 1.06. The Balaban J connectivity index is 1.35. The maximum absolute atomic E-state index is 13.6. The van der Waals surface area contributed by atoms with Crippen LogP contribution >= 0.6 is 0 Å². The molecule has 4 rings (SSSR count). The highest BCUT2D eigenvalue weighted by molar-refractivity contribution is 7.89. The van der Waals surface area contributed by atoms with Gasteiger partial charge in [-0.25, -0.2) is 17.5 Å². The fraction of sp³-hybridized carbons (Fsp3) is 0.583. The van der Waals surface area contributed by atoms with Crippen LogP contribution in [0.1, 0.15) is 50.5 Å². The average Bonchev–Trinajstić information content (AvgIpc) is 2.84. The third-order valence-corrected chi connectivity index (χ3v) is 8.29. The van der Waals surface area contributed by atoms with Crippen molar-refractivity contribution in [3.8, 4) is 0 Å². The van der Waals surface area contributed by atoms with E-state index in [2.05, 4.69) is 19.8 Å². The molecule has 0 amide bonds. The molecule has 1 N–H and O–H groups in total. The second-order valence-electron chi connectivity index (χ2n) is 9.07. The number of hydrogen-bond donors (Lipinski definition) is 1. The van der Waals surface area contributed by atoms with E-state index in [4.69, 9.17) is 4.74 Å². The summed E-state index contributed by atoms with van der Waals surface area (Å²) >= 11 is 0. The first-order valence-corrected chi connectivity index (χ1v) is 13.5. The van der Waals surface area contributed by atoms with E-state index in [1.165, 1.54) is 6.07 Å². The molecule has 2 fully saturated rings. The van der Waals surface area contributed by atoms with Crippen LogP contribution in [0.15, 0.2) is 42.6 Å². The molecule has 1 aliphatic carbocycles. The number of halogens is 1. The summed E-state index contributed by atoms with van der Waals surface area (Å²) in [6.45, 7) is 3.52. The van der Waals surface area contributed by atoms with Gasteiger partial charge in [-0.2, -0.15) is 5.10 Å². The van der Waals surface area contributed by atoms with Crippen LogP contribution in [-0.4, -0.2) is 56.2 Å². The summed E-state index contributed by atoms with van der Waals surface area (Å²) in [6.07, 6.45) is 6.26. The van der Waals surface area contributed by atoms with E-state index in [-0.39, 0.29) is 29.6 Å². The van der Waals surface area contributed by atoms with Crippen molar-refractivity contribution in [2.24, 2.45) is 5.92 Å². The Bertz CT molecular complexity index is 1000. The SMILES string of the molecule is CCS(=O)(=O)N[C@H]1CCN(c2cccnn2)C[C@H]1COC1CCC(c2cccc(F)c2)CC1. The van der Waals surface area contributed by atoms with Crippen LogP contribution < -0.4 is 9.62 Å². The summed E-state index contributed by atoms with van der Waals surface area (Å²) in [5, 5.41) is 8.19. The van der Waals surface area contributed by atoms with Crippen LogP contribution in [0, 0.1) is 11.7 Å². The molecule has 0 unspecified atom stereocenters. The summed E-state index contributed by atoms with van der Waals surface area (Å²) in [5.74, 6) is 1.07. The van der Waals surface area contributed by atoms with Gasteiger partial charge in [0.25, 0.3) is 0 Å². The van der Waals surface area contributed by atoms with Gasteiger partial charge in [-0.1, -0.05) is 12.1 Å². The predicted molar refractivity (Wildman–Crippen MR) is 126 cm³/mol. The van der Waals surface area contributed by atoms with Crippen molar-refractivity contribution in [3.05, 3.63) is 54.0 Å². The Labute approximate surface area is 195 Å². The van der Waals surface area contributed by atoms with Gasteiger partial charge in [0.15, 0.2) is 5.82 Å². The van der Waals surface area contributed by atoms with Crippen molar-refractivity contribution in [2.45, 2.75) is 57.1 Å². The summed E-state index contributed by atoms with van der Waals surface area (Å²) in [6, 6.07) is 10.5. The van der Waals surface area contributed by atoms with E-state index in [1.54, 1.807) is 25.3 Å². The molecule has 1 saturated heterocycles. The van der Waals surface area contributed by atoms with Gasteiger partial charge in [-0.3, -0.25) is 0 Å². The highest BCUT2D eigenvalue weighted by Crippen LogP contribution is 2.34. The molecule has 0 radical (unpaired) electrons. The van der Waals surface area contributed by atoms with Gasteiger partial charge in [-0.05, 0) is 74.8 Å². The van der Waals surface area contributed by atoms with Gasteiger partial charge < -0.3 is 9.64 Å². The lowest BCUT2D eigenvalue weighted by atomic mass is 9.82. The van der Waals surface area contributed by atoms with Crippen molar-refractivity contribution in [2.75, 3.05) is 30.3 Å². The second kappa shape index (κ2) is 10.9. The van der Waals surface area contributed by atoms with Gasteiger partial charge >= 0.3 is 0 Å². The normalized spacial score (nSPS) is 26.3. The monoisotopic (exact) mass is 476 g/mol. The topological polar surface area (TPSA) is 84.4 Å². The molecule has 7 nitrogen and oxygen atoms in total. The van der Waals surface area contributed by atoms with Gasteiger partial charge in [0.1, 0.15) is 5.82 Å². The molecule has 1 aliphatic heterocycles. The zero-order valence-corrected chi connectivity index (χ0v) is 19.9. The van der Waals surface area contributed by atoms with Crippen molar-refractivity contribution >= 4 is 15.8 Å². The first-order chi connectivity index (χ1) is 15.9. The largest absolute Gasteiger partial charge is 0.378 e. The first-order valence-electron chi connectivity index (χ1n) is 11.8. The van der Waals surface area contributed by atoms with Crippen LogP contribution in [0.25, 0.3) is 0 Å². The molecular weight excluding hydrogens is 443 g/mol. The van der Waals surface area contributed by atoms with E-state index in [0.29, 0.717) is 32.0 Å². The second-order valence-corrected chi connectivity index (χ2v) is 11.1. The summed E-state index contributed by atoms with van der Waals surface area (Å²) in [4.78, 5) is 2.15. The number of anilines is 1. The molecule has 0 bridgehead atoms. The molecule has 1 saturated carbocycles. The van der Waals surface area contributed by atoms with Gasteiger partial charge in [0.2, 0.25) is 10.0 Å². The smallest absolute Gasteiger partial charge is 0.211 e. The molecule has 2 atom stereocenters. The summed E-state index contributed by atoms with van der Waals surface area (Å²) in [7, 11) is -3.30. The number of benzene rings is 1. The third kappa shape index (κ3) is 6.49. The molecule has 2 aliphatic rings. The van der Waals surface area contributed by atoms with Crippen molar-refractivity contribution in [1.29, 1.82) is 0 Å². The highest BCUT2D eigenvalue weighted by atomic mass is 32.2. The van der Waals surface area contributed by atoms with Crippen LogP contribution in [0.5, 0.6) is 0 Å². The van der Waals surface area contributed by atoms with Crippen molar-refractivity contribution in [1.82, 2.24) is 14.9 Å². The minimum Gasteiger partial charge on any atom is -0.378 e. The quantitative estimate of drug-likeness (QED) is 0.628. The van der Waals surface area contributed by atoms with Crippen LogP contribution in [0.3, 0.4) is 0 Å². The Hall–Kier alpha value is -2.10. The molecule has 0 spiro atoms. The zero-order chi connectivity index (χ0) is 23.3. The average molecular weight is 477 g/mol. The van der Waals surface area contributed by atoms with E-state index in [0.717, 1.165) is 37.1 Å². The molecular formula is C24H33FN4O3S. The minimum absolute atomic E-state index is 0.0167. The lowest BCUT2D eigenvalue weighted by molar-refractivity contribution is -0.00216. The number of nitrogens with zero attached hydrogens (tertiary/aromatic N) is 3. The van der Waals surface area contributed by atoms with Crippen LogP contribution in [0.2, 0.25) is 0 Å². The molecule has 1 aromatic heterocycles. The highest BCUT2D eigenvalue weighted by Gasteiger charge is 2.33. The van der Waals surface area contributed by atoms with Gasteiger partial charge in [0, 0.05) is 31.2 Å². The molecule has 1 aromatic carbocycles. The van der Waals surface area contributed by atoms with Crippen molar-refractivity contribution < 1.29 is 17.5 Å². The fourth-order valence-electron chi connectivity index (χ4n) is 4.92. The zero-order valence-electron chi connectivity index (χ0n) is 19.1. The molecule has 2 aromatic rings. The number of sulfonamides is 1. The molecule has 2 heterocycles. The Morgan fingerprint density at radius 3 is 2.67 bits per heavy atom. The fourth-order valence-corrected chi connectivity index (χ4v) is 5.86. The Morgan fingerprint density at radius 1 is 1.15 bits per heavy atom. The van der Waals surface area contributed by atoms with E-state index >= 15 is 0 Å². The number of piperidine rings is 1. The molecule has 33 heavy (non-hydrogen) atoms. The lowest BCUT2D eigenvalue weighted by Gasteiger charge is -2.40. The van der Waals surface area contributed by atoms with Gasteiger partial charge in [0.05, 0.1) is 18.5 Å². The van der Waals surface area contributed by atoms with E-state index in [9.17, 15) is 12.8 Å². The number of aromatic nitrogens is 2. The van der Waals surface area contributed by atoms with Crippen molar-refractivity contribution in [3.63, 3.8) is 0 Å². The minimum atomic E-state index is -3.30. The molecule has 9 heteroatoms. The van der Waals surface area contributed by atoms with Crippen LogP contribution in [-0.2, 0) is 14.8 Å². The Morgan fingerprint density at radius 2 is 1.97 bits per heavy atom. The number of rotatable bonds is 8.